The Morgan fingerprint density at radius 1 is 1.07 bits per heavy atom. The number of carbonyl (C=O) groups is 3. The second-order valence-corrected chi connectivity index (χ2v) is 6.30. The van der Waals surface area contributed by atoms with Crippen LogP contribution in [0.3, 0.4) is 0 Å². The van der Waals surface area contributed by atoms with Gasteiger partial charge in [-0.25, -0.2) is 4.79 Å². The Labute approximate surface area is 164 Å². The van der Waals surface area contributed by atoms with Crippen molar-refractivity contribution in [1.82, 2.24) is 0 Å². The molecule has 0 saturated heterocycles. The van der Waals surface area contributed by atoms with E-state index in [1.165, 1.54) is 19.1 Å². The zero-order valence-electron chi connectivity index (χ0n) is 16.0. The van der Waals surface area contributed by atoms with Crippen LogP contribution < -0.4 is 16.4 Å². The summed E-state index contributed by atoms with van der Waals surface area (Å²) in [5.74, 6) is -1.60. The Bertz CT molecular complexity index is 834. The Morgan fingerprint density at radius 3 is 2.39 bits per heavy atom. The van der Waals surface area contributed by atoms with Gasteiger partial charge in [-0.2, -0.15) is 0 Å². The van der Waals surface area contributed by atoms with Gasteiger partial charge in [-0.15, -0.1) is 0 Å². The lowest BCUT2D eigenvalue weighted by Gasteiger charge is -2.16. The summed E-state index contributed by atoms with van der Waals surface area (Å²) in [6, 6.07) is 13.2. The van der Waals surface area contributed by atoms with E-state index < -0.39 is 23.9 Å². The van der Waals surface area contributed by atoms with Gasteiger partial charge in [-0.3, -0.25) is 9.59 Å². The summed E-state index contributed by atoms with van der Waals surface area (Å²) >= 11 is 0. The number of para-hydroxylation sites is 1. The maximum absolute atomic E-state index is 12.5. The smallest absolute Gasteiger partial charge is 0.341 e. The highest BCUT2D eigenvalue weighted by Gasteiger charge is 2.21. The van der Waals surface area contributed by atoms with E-state index in [0.29, 0.717) is 22.5 Å². The topological polar surface area (TPSA) is 111 Å². The van der Waals surface area contributed by atoms with Crippen molar-refractivity contribution in [3.05, 3.63) is 59.7 Å². The van der Waals surface area contributed by atoms with Crippen molar-refractivity contribution in [2.24, 2.45) is 5.73 Å². The van der Waals surface area contributed by atoms with Gasteiger partial charge in [0.05, 0.1) is 5.56 Å². The van der Waals surface area contributed by atoms with Gasteiger partial charge in [0.1, 0.15) is 0 Å². The average Bonchev–Trinajstić information content (AvgIpc) is 2.68. The number of nitrogens with two attached hydrogens (primary N) is 1. The quantitative estimate of drug-likeness (QED) is 0.455. The lowest BCUT2D eigenvalue weighted by molar-refractivity contribution is -0.123. The fourth-order valence-corrected chi connectivity index (χ4v) is 2.45. The van der Waals surface area contributed by atoms with E-state index >= 15 is 0 Å². The molecule has 2 aromatic carbocycles. The summed E-state index contributed by atoms with van der Waals surface area (Å²) in [5.41, 5.74) is 7.05. The number of unbranched alkanes of at least 4 members (excludes halogenated alkanes) is 1. The molecule has 0 radical (unpaired) electrons. The van der Waals surface area contributed by atoms with E-state index in [2.05, 4.69) is 17.6 Å². The van der Waals surface area contributed by atoms with Gasteiger partial charge in [0, 0.05) is 23.5 Å². The van der Waals surface area contributed by atoms with Gasteiger partial charge in [0.15, 0.2) is 6.10 Å². The first-order valence-corrected chi connectivity index (χ1v) is 9.17. The lowest BCUT2D eigenvalue weighted by Crippen LogP contribution is -2.30. The van der Waals surface area contributed by atoms with Gasteiger partial charge in [-0.1, -0.05) is 25.5 Å². The number of hydrogen-bond donors (Lipinski definition) is 3. The van der Waals surface area contributed by atoms with Crippen LogP contribution in [0.5, 0.6) is 0 Å². The van der Waals surface area contributed by atoms with Gasteiger partial charge in [0.2, 0.25) is 5.91 Å². The Kier molecular flexibility index (Phi) is 7.56. The molecule has 28 heavy (non-hydrogen) atoms. The van der Waals surface area contributed by atoms with Gasteiger partial charge in [0.25, 0.3) is 5.91 Å². The molecule has 0 fully saturated rings. The van der Waals surface area contributed by atoms with E-state index in [1.807, 2.05) is 6.07 Å². The molecule has 0 bridgehead atoms. The molecule has 0 saturated carbocycles. The van der Waals surface area contributed by atoms with Crippen LogP contribution in [0.15, 0.2) is 48.5 Å². The van der Waals surface area contributed by atoms with Crippen LogP contribution in [0.1, 0.15) is 47.4 Å². The standard InChI is InChI=1S/C21H25N3O4/c1-3-4-13-23-18-8-6-5-7-17(18)21(27)28-14(2)20(26)24-16-11-9-15(10-12-16)19(22)25/h5-12,14,23H,3-4,13H2,1-2H3,(H2,22,25)(H,24,26)/t14-/m1/s1. The molecule has 0 aliphatic carbocycles. The number of primary amides is 1. The second-order valence-electron chi connectivity index (χ2n) is 6.30. The first-order valence-electron chi connectivity index (χ1n) is 9.17. The van der Waals surface area contributed by atoms with Crippen LogP contribution in [-0.2, 0) is 9.53 Å². The summed E-state index contributed by atoms with van der Waals surface area (Å²) in [4.78, 5) is 35.9. The van der Waals surface area contributed by atoms with Crippen LogP contribution in [-0.4, -0.2) is 30.4 Å². The lowest BCUT2D eigenvalue weighted by atomic mass is 10.1. The van der Waals surface area contributed by atoms with Gasteiger partial charge < -0.3 is 21.1 Å². The number of anilines is 2. The third-order valence-electron chi connectivity index (χ3n) is 4.08. The predicted octanol–water partition coefficient (Wildman–Crippen LogP) is 3.18. The summed E-state index contributed by atoms with van der Waals surface area (Å²) in [7, 11) is 0. The molecule has 1 atom stereocenters. The minimum atomic E-state index is -0.994. The first-order chi connectivity index (χ1) is 13.4. The van der Waals surface area contributed by atoms with E-state index in [1.54, 1.807) is 30.3 Å². The molecular formula is C21H25N3O4. The molecule has 0 spiro atoms. The summed E-state index contributed by atoms with van der Waals surface area (Å²) in [6.45, 7) is 4.33. The number of esters is 1. The van der Waals surface area contributed by atoms with Crippen molar-refractivity contribution in [2.45, 2.75) is 32.8 Å². The minimum absolute atomic E-state index is 0.338. The first kappa shape index (κ1) is 21.0. The van der Waals surface area contributed by atoms with Crippen molar-refractivity contribution in [2.75, 3.05) is 17.2 Å². The monoisotopic (exact) mass is 383 g/mol. The average molecular weight is 383 g/mol. The minimum Gasteiger partial charge on any atom is -0.449 e. The van der Waals surface area contributed by atoms with Crippen molar-refractivity contribution in [3.63, 3.8) is 0 Å². The van der Waals surface area contributed by atoms with Crippen molar-refractivity contribution in [1.29, 1.82) is 0 Å². The maximum Gasteiger partial charge on any atom is 0.341 e. The molecule has 2 amide bonds. The number of rotatable bonds is 9. The van der Waals surface area contributed by atoms with E-state index in [4.69, 9.17) is 10.5 Å². The van der Waals surface area contributed by atoms with Crippen LogP contribution in [0.4, 0.5) is 11.4 Å². The Balaban J connectivity index is 1.98. The molecule has 7 nitrogen and oxygen atoms in total. The Hall–Kier alpha value is -3.35. The van der Waals surface area contributed by atoms with Crippen molar-refractivity contribution >= 4 is 29.2 Å². The van der Waals surface area contributed by atoms with Crippen LogP contribution in [0.25, 0.3) is 0 Å². The van der Waals surface area contributed by atoms with Crippen LogP contribution >= 0.6 is 0 Å². The normalized spacial score (nSPS) is 11.4. The van der Waals surface area contributed by atoms with Gasteiger partial charge >= 0.3 is 5.97 Å². The third kappa shape index (κ3) is 5.84. The molecule has 4 N–H and O–H groups in total. The number of nitrogens with one attached hydrogen (secondary N) is 2. The highest BCUT2D eigenvalue weighted by molar-refractivity contribution is 6.00. The predicted molar refractivity (Wildman–Crippen MR) is 108 cm³/mol. The molecule has 0 heterocycles. The number of ether oxygens (including phenoxy) is 1. The van der Waals surface area contributed by atoms with Crippen molar-refractivity contribution < 1.29 is 19.1 Å². The zero-order chi connectivity index (χ0) is 20.5. The van der Waals surface area contributed by atoms with E-state index in [9.17, 15) is 14.4 Å². The van der Waals surface area contributed by atoms with Crippen LogP contribution in [0, 0.1) is 0 Å². The molecule has 7 heteroatoms. The maximum atomic E-state index is 12.5. The third-order valence-corrected chi connectivity index (χ3v) is 4.08. The van der Waals surface area contributed by atoms with E-state index in [-0.39, 0.29) is 0 Å². The molecule has 2 rings (SSSR count). The molecule has 0 unspecified atom stereocenters. The SMILES string of the molecule is CCCCNc1ccccc1C(=O)O[C@H](C)C(=O)Nc1ccc(C(N)=O)cc1. The summed E-state index contributed by atoms with van der Waals surface area (Å²) in [5, 5.41) is 5.85. The van der Waals surface area contributed by atoms with Crippen LogP contribution in [0.2, 0.25) is 0 Å². The number of carbonyl (C=O) groups excluding carboxylic acids is 3. The number of amides is 2. The molecule has 0 aliphatic heterocycles. The van der Waals surface area contributed by atoms with Crippen molar-refractivity contribution in [3.8, 4) is 0 Å². The molecular weight excluding hydrogens is 358 g/mol. The number of benzene rings is 2. The van der Waals surface area contributed by atoms with Gasteiger partial charge in [-0.05, 0) is 49.7 Å². The summed E-state index contributed by atoms with van der Waals surface area (Å²) < 4.78 is 5.31. The fraction of sp³-hybridized carbons (Fsp3) is 0.286. The summed E-state index contributed by atoms with van der Waals surface area (Å²) in [6.07, 6.45) is 1.03. The number of hydrogen-bond acceptors (Lipinski definition) is 5. The Morgan fingerprint density at radius 2 is 1.75 bits per heavy atom. The second kappa shape index (κ2) is 10.1. The molecule has 0 aromatic heterocycles. The molecule has 0 aliphatic rings. The largest absolute Gasteiger partial charge is 0.449 e. The highest BCUT2D eigenvalue weighted by Crippen LogP contribution is 2.18. The fourth-order valence-electron chi connectivity index (χ4n) is 2.45. The molecule has 2 aromatic rings. The molecule has 148 valence electrons. The highest BCUT2D eigenvalue weighted by atomic mass is 16.5. The zero-order valence-corrected chi connectivity index (χ0v) is 16.0. The van der Waals surface area contributed by atoms with E-state index in [0.717, 1.165) is 19.4 Å².